The number of esters is 1. The third-order valence-corrected chi connectivity index (χ3v) is 1.99. The molecule has 0 aliphatic carbocycles. The average Bonchev–Trinajstić information content (AvgIpc) is 2.30. The van der Waals surface area contributed by atoms with Crippen LogP contribution in [0, 0.1) is 5.92 Å². The van der Waals surface area contributed by atoms with Gasteiger partial charge in [0.1, 0.15) is 0 Å². The van der Waals surface area contributed by atoms with E-state index in [-0.39, 0.29) is 30.3 Å². The average molecular weight is 171 g/mol. The highest BCUT2D eigenvalue weighted by atomic mass is 16.5. The second-order valence-corrected chi connectivity index (χ2v) is 2.92. The number of rotatable bonds is 2. The number of hydrogen-bond donors (Lipinski definition) is 1. The molecule has 1 amide bonds. The fourth-order valence-electron chi connectivity index (χ4n) is 1.33. The molecule has 4 nitrogen and oxygen atoms in total. The number of hydrogen-bond acceptors (Lipinski definition) is 3. The Morgan fingerprint density at radius 2 is 2.42 bits per heavy atom. The third kappa shape index (κ3) is 1.75. The Labute approximate surface area is 71.3 Å². The smallest absolute Gasteiger partial charge is 0.311 e. The normalized spacial score (nSPS) is 28.3. The van der Waals surface area contributed by atoms with Crippen LogP contribution in [0.25, 0.3) is 0 Å². The van der Waals surface area contributed by atoms with Crippen molar-refractivity contribution in [3.05, 3.63) is 0 Å². The van der Waals surface area contributed by atoms with Crippen molar-refractivity contribution < 1.29 is 14.3 Å². The Morgan fingerprint density at radius 1 is 1.75 bits per heavy atom. The Bertz CT molecular complexity index is 202. The zero-order valence-corrected chi connectivity index (χ0v) is 7.29. The molecular formula is C8H13NO3. The number of amides is 1. The molecule has 0 aromatic rings. The van der Waals surface area contributed by atoms with Crippen LogP contribution in [0.5, 0.6) is 0 Å². The van der Waals surface area contributed by atoms with Gasteiger partial charge < -0.3 is 10.1 Å². The van der Waals surface area contributed by atoms with Crippen LogP contribution in [0.3, 0.4) is 0 Å². The molecule has 0 saturated carbocycles. The van der Waals surface area contributed by atoms with Crippen molar-refractivity contribution in [1.29, 1.82) is 0 Å². The molecule has 1 rings (SSSR count). The Kier molecular flexibility index (Phi) is 2.68. The van der Waals surface area contributed by atoms with Gasteiger partial charge in [-0.3, -0.25) is 9.59 Å². The lowest BCUT2D eigenvalue weighted by Crippen LogP contribution is -2.30. The van der Waals surface area contributed by atoms with E-state index in [1.807, 2.05) is 6.92 Å². The lowest BCUT2D eigenvalue weighted by Gasteiger charge is -2.11. The maximum absolute atomic E-state index is 11.2. The quantitative estimate of drug-likeness (QED) is 0.598. The Morgan fingerprint density at radius 3 is 2.83 bits per heavy atom. The minimum atomic E-state index is -0.294. The summed E-state index contributed by atoms with van der Waals surface area (Å²) in [6.07, 6.45) is 0.264. The van der Waals surface area contributed by atoms with Gasteiger partial charge in [-0.1, -0.05) is 0 Å². The summed E-state index contributed by atoms with van der Waals surface area (Å²) < 4.78 is 4.81. The fourth-order valence-corrected chi connectivity index (χ4v) is 1.33. The molecule has 2 atom stereocenters. The van der Waals surface area contributed by atoms with Crippen molar-refractivity contribution >= 4 is 11.9 Å². The zero-order valence-electron chi connectivity index (χ0n) is 7.29. The van der Waals surface area contributed by atoms with E-state index in [1.54, 1.807) is 6.92 Å². The molecule has 4 heteroatoms. The monoisotopic (exact) mass is 171 g/mol. The lowest BCUT2D eigenvalue weighted by molar-refractivity contribution is -0.148. The van der Waals surface area contributed by atoms with Crippen molar-refractivity contribution in [2.45, 2.75) is 26.3 Å². The van der Waals surface area contributed by atoms with Gasteiger partial charge in [-0.15, -0.1) is 0 Å². The summed E-state index contributed by atoms with van der Waals surface area (Å²) in [5.41, 5.74) is 0. The Balaban J connectivity index is 2.52. The van der Waals surface area contributed by atoms with Crippen molar-refractivity contribution in [3.8, 4) is 0 Å². The summed E-state index contributed by atoms with van der Waals surface area (Å²) in [5.74, 6) is -0.638. The van der Waals surface area contributed by atoms with Gasteiger partial charge in [-0.2, -0.15) is 0 Å². The minimum absolute atomic E-state index is 0.0689. The highest BCUT2D eigenvalue weighted by Gasteiger charge is 2.35. The first kappa shape index (κ1) is 9.03. The van der Waals surface area contributed by atoms with Crippen molar-refractivity contribution in [3.63, 3.8) is 0 Å². The zero-order chi connectivity index (χ0) is 9.14. The van der Waals surface area contributed by atoms with Crippen LogP contribution in [-0.2, 0) is 14.3 Å². The molecule has 0 aromatic carbocycles. The fraction of sp³-hybridized carbons (Fsp3) is 0.750. The number of carbonyl (C=O) groups is 2. The summed E-state index contributed by atoms with van der Waals surface area (Å²) in [6.45, 7) is 3.94. The summed E-state index contributed by atoms with van der Waals surface area (Å²) >= 11 is 0. The van der Waals surface area contributed by atoms with Crippen LogP contribution >= 0.6 is 0 Å². The van der Waals surface area contributed by atoms with E-state index in [9.17, 15) is 9.59 Å². The molecule has 0 radical (unpaired) electrons. The first-order valence-corrected chi connectivity index (χ1v) is 4.11. The third-order valence-electron chi connectivity index (χ3n) is 1.99. The van der Waals surface area contributed by atoms with E-state index in [1.165, 1.54) is 0 Å². The van der Waals surface area contributed by atoms with Crippen molar-refractivity contribution in [2.75, 3.05) is 6.61 Å². The maximum Gasteiger partial charge on any atom is 0.311 e. The van der Waals surface area contributed by atoms with Gasteiger partial charge in [0.2, 0.25) is 5.91 Å². The second kappa shape index (κ2) is 3.56. The van der Waals surface area contributed by atoms with Gasteiger partial charge in [0, 0.05) is 12.5 Å². The summed E-state index contributed by atoms with van der Waals surface area (Å²) in [6, 6.07) is -0.0865. The summed E-state index contributed by atoms with van der Waals surface area (Å²) in [4.78, 5) is 22.0. The predicted molar refractivity (Wildman–Crippen MR) is 42.3 cm³/mol. The van der Waals surface area contributed by atoms with E-state index >= 15 is 0 Å². The SMILES string of the molecule is CCOC(=O)[C@H]1CC(=O)N[C@@H]1C. The molecule has 0 unspecified atom stereocenters. The standard InChI is InChI=1S/C8H13NO3/c1-3-12-8(11)6-4-7(10)9-5(6)2/h5-6H,3-4H2,1-2H3,(H,9,10)/t5-,6+/m1/s1. The topological polar surface area (TPSA) is 55.4 Å². The molecule has 0 bridgehead atoms. The highest BCUT2D eigenvalue weighted by Crippen LogP contribution is 2.17. The van der Waals surface area contributed by atoms with Gasteiger partial charge in [0.25, 0.3) is 0 Å². The van der Waals surface area contributed by atoms with E-state index in [4.69, 9.17) is 4.74 Å². The highest BCUT2D eigenvalue weighted by molar-refractivity contribution is 5.87. The molecular weight excluding hydrogens is 158 g/mol. The first-order valence-electron chi connectivity index (χ1n) is 4.11. The van der Waals surface area contributed by atoms with Crippen LogP contribution in [0.2, 0.25) is 0 Å². The first-order chi connectivity index (χ1) is 5.65. The molecule has 0 spiro atoms. The molecule has 0 aromatic heterocycles. The van der Waals surface area contributed by atoms with E-state index in [2.05, 4.69) is 5.32 Å². The van der Waals surface area contributed by atoms with Crippen LogP contribution in [-0.4, -0.2) is 24.5 Å². The molecule has 1 saturated heterocycles. The van der Waals surface area contributed by atoms with Crippen LogP contribution < -0.4 is 5.32 Å². The van der Waals surface area contributed by atoms with E-state index < -0.39 is 0 Å². The van der Waals surface area contributed by atoms with Gasteiger partial charge in [0.15, 0.2) is 0 Å². The van der Waals surface area contributed by atoms with E-state index in [0.29, 0.717) is 6.61 Å². The minimum Gasteiger partial charge on any atom is -0.466 e. The second-order valence-electron chi connectivity index (χ2n) is 2.92. The predicted octanol–water partition coefficient (Wildman–Crippen LogP) is 0.0741. The van der Waals surface area contributed by atoms with Gasteiger partial charge in [-0.05, 0) is 13.8 Å². The van der Waals surface area contributed by atoms with Crippen molar-refractivity contribution in [1.82, 2.24) is 5.32 Å². The van der Waals surface area contributed by atoms with Crippen molar-refractivity contribution in [2.24, 2.45) is 5.92 Å². The van der Waals surface area contributed by atoms with Crippen LogP contribution in [0.1, 0.15) is 20.3 Å². The number of ether oxygens (including phenoxy) is 1. The van der Waals surface area contributed by atoms with Gasteiger partial charge in [-0.25, -0.2) is 0 Å². The molecule has 1 aliphatic heterocycles. The summed E-state index contributed by atoms with van der Waals surface area (Å²) in [7, 11) is 0. The lowest BCUT2D eigenvalue weighted by atomic mass is 10.0. The van der Waals surface area contributed by atoms with E-state index in [0.717, 1.165) is 0 Å². The maximum atomic E-state index is 11.2. The van der Waals surface area contributed by atoms with Crippen LogP contribution in [0.15, 0.2) is 0 Å². The van der Waals surface area contributed by atoms with Gasteiger partial charge in [0.05, 0.1) is 12.5 Å². The molecule has 1 heterocycles. The number of carbonyl (C=O) groups excluding carboxylic acids is 2. The molecule has 12 heavy (non-hydrogen) atoms. The molecule has 1 fully saturated rings. The largest absolute Gasteiger partial charge is 0.466 e. The van der Waals surface area contributed by atoms with Crippen LogP contribution in [0.4, 0.5) is 0 Å². The summed E-state index contributed by atoms with van der Waals surface area (Å²) in [5, 5.41) is 2.67. The van der Waals surface area contributed by atoms with Gasteiger partial charge >= 0.3 is 5.97 Å². The molecule has 1 aliphatic rings. The Hall–Kier alpha value is -1.06. The number of nitrogens with one attached hydrogen (secondary N) is 1. The molecule has 68 valence electrons. The molecule has 1 N–H and O–H groups in total.